The normalized spacial score (nSPS) is 13.9. The van der Waals surface area contributed by atoms with E-state index in [2.05, 4.69) is 6.55 Å². The highest BCUT2D eigenvalue weighted by atomic mass is 28.2. The highest BCUT2D eigenvalue weighted by Gasteiger charge is 2.25. The van der Waals surface area contributed by atoms with Gasteiger partial charge in [0.05, 0.1) is 15.1 Å². The second-order valence-electron chi connectivity index (χ2n) is 3.86. The lowest BCUT2D eigenvalue weighted by Gasteiger charge is -2.18. The van der Waals surface area contributed by atoms with Crippen LogP contribution in [0.1, 0.15) is 15.9 Å². The minimum absolute atomic E-state index is 0.0512. The van der Waals surface area contributed by atoms with Crippen molar-refractivity contribution < 1.29 is 9.53 Å². The molecule has 17 heavy (non-hydrogen) atoms. The van der Waals surface area contributed by atoms with Crippen LogP contribution in [0.3, 0.4) is 0 Å². The summed E-state index contributed by atoms with van der Waals surface area (Å²) in [5.74, 6) is -0.477. The molecule has 0 unspecified atom stereocenters. The number of rotatable bonds is 1. The molecule has 1 aliphatic heterocycles. The average molecular weight is 239 g/mol. The smallest absolute Gasteiger partial charge is 0.345 e. The number of hydrogen-bond acceptors (Lipinski definition) is 3. The van der Waals surface area contributed by atoms with E-state index in [1.807, 2.05) is 24.3 Å². The number of hydrogen-bond donors (Lipinski definition) is 1. The predicted molar refractivity (Wildman–Crippen MR) is 67.4 cm³/mol. The second kappa shape index (κ2) is 3.53. The summed E-state index contributed by atoms with van der Waals surface area (Å²) in [6, 6.07) is 9.49. The quantitative estimate of drug-likeness (QED) is 0.608. The standard InChI is InChI=1S/C13H9NO2Si/c1-17-10-6-5-9-11-7(10)3-2-4-8(11)12(14)16-13(9)15/h2-6,14H,1H3. The Bertz CT molecular complexity index is 644. The summed E-state index contributed by atoms with van der Waals surface area (Å²) >= 11 is 0. The summed E-state index contributed by atoms with van der Waals surface area (Å²) in [6.45, 7) is 2.11. The lowest BCUT2D eigenvalue weighted by molar-refractivity contribution is 0.0714. The summed E-state index contributed by atoms with van der Waals surface area (Å²) < 4.78 is 4.92. The fourth-order valence-corrected chi connectivity index (χ4v) is 2.91. The van der Waals surface area contributed by atoms with E-state index < -0.39 is 5.97 Å². The molecule has 0 atom stereocenters. The van der Waals surface area contributed by atoms with Crippen LogP contribution in [0.2, 0.25) is 6.55 Å². The van der Waals surface area contributed by atoms with Gasteiger partial charge in [-0.1, -0.05) is 29.9 Å². The molecule has 0 spiro atoms. The maximum absolute atomic E-state index is 11.7. The van der Waals surface area contributed by atoms with Crippen LogP contribution in [0.25, 0.3) is 10.8 Å². The Hall–Kier alpha value is -1.94. The fraction of sp³-hybridized carbons (Fsp3) is 0.0769. The molecule has 82 valence electrons. The van der Waals surface area contributed by atoms with E-state index in [-0.39, 0.29) is 5.90 Å². The molecule has 2 radical (unpaired) electrons. The molecule has 3 rings (SSSR count). The van der Waals surface area contributed by atoms with Gasteiger partial charge in [0.2, 0.25) is 5.90 Å². The average Bonchev–Trinajstić information content (AvgIpc) is 2.35. The van der Waals surface area contributed by atoms with Crippen LogP contribution in [0.5, 0.6) is 0 Å². The van der Waals surface area contributed by atoms with Crippen molar-refractivity contribution in [2.24, 2.45) is 0 Å². The summed E-state index contributed by atoms with van der Waals surface area (Å²) in [7, 11) is 0.664. The van der Waals surface area contributed by atoms with E-state index in [4.69, 9.17) is 10.1 Å². The Morgan fingerprint density at radius 3 is 2.76 bits per heavy atom. The van der Waals surface area contributed by atoms with Gasteiger partial charge in [-0.2, -0.15) is 0 Å². The molecule has 1 aliphatic rings. The Morgan fingerprint density at radius 1 is 1.18 bits per heavy atom. The van der Waals surface area contributed by atoms with Gasteiger partial charge in [0.25, 0.3) is 0 Å². The van der Waals surface area contributed by atoms with Crippen molar-refractivity contribution >= 4 is 37.3 Å². The molecular weight excluding hydrogens is 230 g/mol. The molecule has 0 aromatic heterocycles. The van der Waals surface area contributed by atoms with Crippen molar-refractivity contribution in [1.82, 2.24) is 0 Å². The first-order chi connectivity index (χ1) is 8.22. The van der Waals surface area contributed by atoms with Gasteiger partial charge in [-0.15, -0.1) is 0 Å². The van der Waals surface area contributed by atoms with E-state index in [0.29, 0.717) is 20.6 Å². The zero-order valence-corrected chi connectivity index (χ0v) is 10.2. The van der Waals surface area contributed by atoms with Crippen molar-refractivity contribution in [2.45, 2.75) is 6.55 Å². The van der Waals surface area contributed by atoms with Gasteiger partial charge in [0.1, 0.15) is 0 Å². The van der Waals surface area contributed by atoms with Crippen molar-refractivity contribution in [2.75, 3.05) is 0 Å². The number of benzene rings is 2. The van der Waals surface area contributed by atoms with Gasteiger partial charge in [-0.3, -0.25) is 5.41 Å². The number of ether oxygens (including phenoxy) is 1. The van der Waals surface area contributed by atoms with E-state index in [1.165, 1.54) is 5.19 Å². The molecule has 0 fully saturated rings. The van der Waals surface area contributed by atoms with E-state index in [9.17, 15) is 4.79 Å². The third kappa shape index (κ3) is 1.34. The molecule has 0 bridgehead atoms. The van der Waals surface area contributed by atoms with Gasteiger partial charge in [-0.25, -0.2) is 4.79 Å². The number of carbonyl (C=O) groups is 1. The Balaban J connectivity index is 2.51. The van der Waals surface area contributed by atoms with Gasteiger partial charge in [-0.05, 0) is 17.5 Å². The molecule has 0 aliphatic carbocycles. The first-order valence-electron chi connectivity index (χ1n) is 5.27. The van der Waals surface area contributed by atoms with Crippen molar-refractivity contribution in [3.8, 4) is 0 Å². The molecule has 3 nitrogen and oxygen atoms in total. The van der Waals surface area contributed by atoms with E-state index in [1.54, 1.807) is 6.07 Å². The Kier molecular flexibility index (Phi) is 2.12. The van der Waals surface area contributed by atoms with E-state index >= 15 is 0 Å². The van der Waals surface area contributed by atoms with Crippen LogP contribution in [0.15, 0.2) is 30.3 Å². The molecule has 2 aromatic carbocycles. The third-order valence-corrected chi connectivity index (χ3v) is 3.94. The van der Waals surface area contributed by atoms with Gasteiger partial charge in [0.15, 0.2) is 0 Å². The van der Waals surface area contributed by atoms with Crippen LogP contribution in [0, 0.1) is 5.41 Å². The minimum Gasteiger partial charge on any atom is -0.404 e. The molecule has 4 heteroatoms. The molecule has 1 N–H and O–H groups in total. The molecule has 1 heterocycles. The SMILES string of the molecule is C[Si]c1ccc2c3c(cccc13)C(=N)OC2=O. The Morgan fingerprint density at radius 2 is 2.00 bits per heavy atom. The summed E-state index contributed by atoms with van der Waals surface area (Å²) in [5, 5.41) is 10.9. The summed E-state index contributed by atoms with van der Waals surface area (Å²) in [5.41, 5.74) is 1.27. The molecular formula is C13H9NO2Si. The first kappa shape index (κ1) is 10.2. The number of cyclic esters (lactones) is 1. The molecule has 0 saturated heterocycles. The zero-order valence-electron chi connectivity index (χ0n) is 9.20. The molecule has 0 saturated carbocycles. The highest BCUT2D eigenvalue weighted by molar-refractivity contribution is 6.56. The first-order valence-corrected chi connectivity index (χ1v) is 6.77. The molecule has 2 aromatic rings. The summed E-state index contributed by atoms with van der Waals surface area (Å²) in [4.78, 5) is 11.7. The van der Waals surface area contributed by atoms with Crippen molar-refractivity contribution in [1.29, 1.82) is 5.41 Å². The van der Waals surface area contributed by atoms with Crippen molar-refractivity contribution in [3.63, 3.8) is 0 Å². The lowest BCUT2D eigenvalue weighted by Crippen LogP contribution is -2.23. The monoisotopic (exact) mass is 239 g/mol. The van der Waals surface area contributed by atoms with Crippen molar-refractivity contribution in [3.05, 3.63) is 41.5 Å². The maximum atomic E-state index is 11.7. The highest BCUT2D eigenvalue weighted by Crippen LogP contribution is 2.27. The maximum Gasteiger partial charge on any atom is 0.345 e. The second-order valence-corrected chi connectivity index (χ2v) is 4.90. The van der Waals surface area contributed by atoms with Gasteiger partial charge >= 0.3 is 5.97 Å². The Labute approximate surface area is 101 Å². The van der Waals surface area contributed by atoms with Crippen LogP contribution < -0.4 is 5.19 Å². The third-order valence-electron chi connectivity index (χ3n) is 2.97. The number of nitrogens with one attached hydrogen (secondary N) is 1. The van der Waals surface area contributed by atoms with Crippen LogP contribution in [-0.4, -0.2) is 21.4 Å². The number of esters is 1. The fourth-order valence-electron chi connectivity index (χ4n) is 2.19. The van der Waals surface area contributed by atoms with E-state index in [0.717, 1.165) is 10.8 Å². The van der Waals surface area contributed by atoms with Crippen LogP contribution in [-0.2, 0) is 4.74 Å². The minimum atomic E-state index is -0.426. The van der Waals surface area contributed by atoms with Gasteiger partial charge < -0.3 is 4.74 Å². The van der Waals surface area contributed by atoms with Crippen LogP contribution >= 0.6 is 0 Å². The molecule has 0 amide bonds. The van der Waals surface area contributed by atoms with Gasteiger partial charge in [0, 0.05) is 10.9 Å². The van der Waals surface area contributed by atoms with Crippen LogP contribution in [0.4, 0.5) is 0 Å². The topological polar surface area (TPSA) is 50.1 Å². The zero-order chi connectivity index (χ0) is 12.0. The predicted octanol–water partition coefficient (Wildman–Crippen LogP) is 1.71. The summed E-state index contributed by atoms with van der Waals surface area (Å²) in [6.07, 6.45) is 0. The number of carbonyl (C=O) groups excluding carboxylic acids is 1. The lowest BCUT2D eigenvalue weighted by atomic mass is 9.97. The largest absolute Gasteiger partial charge is 0.404 e.